The first-order chi connectivity index (χ1) is 8.95. The molecule has 0 saturated carbocycles. The van der Waals surface area contributed by atoms with Gasteiger partial charge in [0.05, 0.1) is 11.0 Å². The van der Waals surface area contributed by atoms with Crippen LogP contribution in [0.3, 0.4) is 0 Å². The van der Waals surface area contributed by atoms with E-state index in [1.165, 1.54) is 6.07 Å². The van der Waals surface area contributed by atoms with Crippen LogP contribution in [0.5, 0.6) is 0 Å². The predicted molar refractivity (Wildman–Crippen MR) is 74.4 cm³/mol. The van der Waals surface area contributed by atoms with Crippen LogP contribution in [0.25, 0.3) is 0 Å². The van der Waals surface area contributed by atoms with Crippen molar-refractivity contribution in [2.75, 3.05) is 12.8 Å². The van der Waals surface area contributed by atoms with Crippen molar-refractivity contribution < 1.29 is 12.8 Å². The van der Waals surface area contributed by atoms with Crippen LogP contribution in [0.2, 0.25) is 0 Å². The third-order valence-corrected chi connectivity index (χ3v) is 6.15. The van der Waals surface area contributed by atoms with E-state index in [1.807, 2.05) is 6.07 Å². The van der Waals surface area contributed by atoms with Crippen LogP contribution in [0.15, 0.2) is 18.2 Å². The van der Waals surface area contributed by atoms with Gasteiger partial charge in [-0.3, -0.25) is 0 Å². The van der Waals surface area contributed by atoms with Gasteiger partial charge in [-0.1, -0.05) is 18.6 Å². The molecule has 0 amide bonds. The fraction of sp³-hybridized carbons (Fsp3) is 0.571. The summed E-state index contributed by atoms with van der Waals surface area (Å²) in [6, 6.07) is 4.62. The molecule has 0 radical (unpaired) electrons. The summed E-state index contributed by atoms with van der Waals surface area (Å²) < 4.78 is 38.0. The largest absolute Gasteiger partial charge is 0.312 e. The van der Waals surface area contributed by atoms with Crippen LogP contribution >= 0.6 is 0 Å². The normalized spacial score (nSPS) is 24.1. The SMILES string of the molecule is CNC(c1ccc(C)c(F)c1)C1CCCCS1(=O)=O. The molecule has 0 bridgehead atoms. The zero-order chi connectivity index (χ0) is 14.0. The van der Waals surface area contributed by atoms with Gasteiger partial charge in [0.1, 0.15) is 5.82 Å². The smallest absolute Gasteiger partial charge is 0.155 e. The second-order valence-corrected chi connectivity index (χ2v) is 7.52. The maximum atomic E-state index is 13.7. The molecule has 1 aliphatic rings. The molecule has 1 aliphatic heterocycles. The zero-order valence-electron chi connectivity index (χ0n) is 11.3. The summed E-state index contributed by atoms with van der Waals surface area (Å²) in [4.78, 5) is 0. The number of nitrogens with one attached hydrogen (secondary N) is 1. The average molecular weight is 285 g/mol. The molecule has 1 aromatic carbocycles. The summed E-state index contributed by atoms with van der Waals surface area (Å²) >= 11 is 0. The molecular formula is C14H20FNO2S. The highest BCUT2D eigenvalue weighted by molar-refractivity contribution is 7.92. The summed E-state index contributed by atoms with van der Waals surface area (Å²) in [5, 5.41) is 2.59. The number of halogens is 1. The molecule has 0 aliphatic carbocycles. The molecule has 1 saturated heterocycles. The van der Waals surface area contributed by atoms with Gasteiger partial charge < -0.3 is 5.32 Å². The van der Waals surface area contributed by atoms with Gasteiger partial charge in [-0.25, -0.2) is 12.8 Å². The lowest BCUT2D eigenvalue weighted by molar-refractivity contribution is 0.467. The number of benzene rings is 1. The van der Waals surface area contributed by atoms with Crippen molar-refractivity contribution in [3.63, 3.8) is 0 Å². The van der Waals surface area contributed by atoms with E-state index in [0.717, 1.165) is 12.8 Å². The van der Waals surface area contributed by atoms with Crippen LogP contribution in [0.4, 0.5) is 4.39 Å². The van der Waals surface area contributed by atoms with Crippen molar-refractivity contribution >= 4 is 9.84 Å². The van der Waals surface area contributed by atoms with Crippen LogP contribution in [0, 0.1) is 12.7 Å². The highest BCUT2D eigenvalue weighted by atomic mass is 32.2. The summed E-state index contributed by atoms with van der Waals surface area (Å²) in [5.74, 6) is -0.0459. The number of hydrogen-bond acceptors (Lipinski definition) is 3. The minimum absolute atomic E-state index is 0.240. The molecule has 3 nitrogen and oxygen atoms in total. The molecule has 1 fully saturated rings. The van der Waals surface area contributed by atoms with E-state index in [0.29, 0.717) is 17.5 Å². The lowest BCUT2D eigenvalue weighted by atomic mass is 9.98. The van der Waals surface area contributed by atoms with Crippen molar-refractivity contribution in [3.05, 3.63) is 35.1 Å². The molecule has 5 heteroatoms. The van der Waals surface area contributed by atoms with Gasteiger partial charge in [-0.2, -0.15) is 0 Å². The first kappa shape index (κ1) is 14.5. The van der Waals surface area contributed by atoms with Gasteiger partial charge in [-0.05, 0) is 44.0 Å². The Labute approximate surface area is 114 Å². The number of hydrogen-bond donors (Lipinski definition) is 1. The topological polar surface area (TPSA) is 46.2 Å². The number of aryl methyl sites for hydroxylation is 1. The number of sulfone groups is 1. The van der Waals surface area contributed by atoms with Gasteiger partial charge in [0, 0.05) is 6.04 Å². The van der Waals surface area contributed by atoms with Crippen molar-refractivity contribution in [2.24, 2.45) is 0 Å². The van der Waals surface area contributed by atoms with Crippen LogP contribution in [-0.2, 0) is 9.84 Å². The Bertz CT molecular complexity index is 557. The number of rotatable bonds is 3. The van der Waals surface area contributed by atoms with E-state index in [1.54, 1.807) is 20.0 Å². The molecule has 106 valence electrons. The quantitative estimate of drug-likeness (QED) is 0.927. The molecule has 0 spiro atoms. The molecule has 0 aromatic heterocycles. The maximum Gasteiger partial charge on any atom is 0.155 e. The summed E-state index contributed by atoms with van der Waals surface area (Å²) in [6.07, 6.45) is 2.29. The van der Waals surface area contributed by atoms with Crippen molar-refractivity contribution in [2.45, 2.75) is 37.5 Å². The fourth-order valence-corrected chi connectivity index (χ4v) is 4.87. The molecule has 2 rings (SSSR count). The second-order valence-electron chi connectivity index (χ2n) is 5.18. The van der Waals surface area contributed by atoms with Crippen molar-refractivity contribution in [1.82, 2.24) is 5.32 Å². The molecule has 1 aromatic rings. The van der Waals surface area contributed by atoms with Crippen molar-refractivity contribution in [3.8, 4) is 0 Å². The molecule has 1 heterocycles. The third-order valence-electron chi connectivity index (χ3n) is 3.87. The Morgan fingerprint density at radius 1 is 1.37 bits per heavy atom. The highest BCUT2D eigenvalue weighted by Gasteiger charge is 2.35. The maximum absolute atomic E-state index is 13.7. The van der Waals surface area contributed by atoms with E-state index in [4.69, 9.17) is 0 Å². The summed E-state index contributed by atoms with van der Waals surface area (Å²) in [7, 11) is -1.36. The van der Waals surface area contributed by atoms with Gasteiger partial charge >= 0.3 is 0 Å². The lowest BCUT2D eigenvalue weighted by Gasteiger charge is -2.30. The third kappa shape index (κ3) is 2.98. The Balaban J connectivity index is 2.36. The second kappa shape index (κ2) is 5.59. The Kier molecular flexibility index (Phi) is 4.26. The van der Waals surface area contributed by atoms with Crippen LogP contribution in [-0.4, -0.2) is 26.5 Å². The summed E-state index contributed by atoms with van der Waals surface area (Å²) in [5.41, 5.74) is 1.28. The van der Waals surface area contributed by atoms with Gasteiger partial charge in [0.25, 0.3) is 0 Å². The van der Waals surface area contributed by atoms with Gasteiger partial charge in [0.2, 0.25) is 0 Å². The standard InChI is InChI=1S/C14H20FNO2S/c1-10-6-7-11(9-12(10)15)14(16-2)13-5-3-4-8-19(13,17)18/h6-7,9,13-14,16H,3-5,8H2,1-2H3. The Hall–Kier alpha value is -0.940. The van der Waals surface area contributed by atoms with Crippen LogP contribution in [0.1, 0.15) is 36.4 Å². The van der Waals surface area contributed by atoms with Crippen LogP contribution < -0.4 is 5.32 Å². The minimum atomic E-state index is -3.09. The highest BCUT2D eigenvalue weighted by Crippen LogP contribution is 2.31. The molecule has 2 unspecified atom stereocenters. The van der Waals surface area contributed by atoms with E-state index in [2.05, 4.69) is 5.32 Å². The molecule has 19 heavy (non-hydrogen) atoms. The van der Waals surface area contributed by atoms with E-state index in [-0.39, 0.29) is 17.6 Å². The molecule has 1 N–H and O–H groups in total. The Morgan fingerprint density at radius 2 is 2.11 bits per heavy atom. The average Bonchev–Trinajstić information content (AvgIpc) is 2.36. The zero-order valence-corrected chi connectivity index (χ0v) is 12.1. The van der Waals surface area contributed by atoms with Gasteiger partial charge in [-0.15, -0.1) is 0 Å². The monoisotopic (exact) mass is 285 g/mol. The van der Waals surface area contributed by atoms with E-state index < -0.39 is 15.1 Å². The minimum Gasteiger partial charge on any atom is -0.312 e. The Morgan fingerprint density at radius 3 is 2.68 bits per heavy atom. The predicted octanol–water partition coefficient (Wildman–Crippen LogP) is 2.36. The van der Waals surface area contributed by atoms with Crippen molar-refractivity contribution in [1.29, 1.82) is 0 Å². The van der Waals surface area contributed by atoms with Gasteiger partial charge in [0.15, 0.2) is 9.84 Å². The molecular weight excluding hydrogens is 265 g/mol. The first-order valence-corrected chi connectivity index (χ1v) is 8.32. The fourth-order valence-electron chi connectivity index (χ4n) is 2.72. The first-order valence-electron chi connectivity index (χ1n) is 6.60. The lowest BCUT2D eigenvalue weighted by Crippen LogP contribution is -2.39. The van der Waals surface area contributed by atoms with E-state index >= 15 is 0 Å². The molecule has 2 atom stereocenters. The summed E-state index contributed by atoms with van der Waals surface area (Å²) in [6.45, 7) is 1.70. The van der Waals surface area contributed by atoms with E-state index in [9.17, 15) is 12.8 Å².